The summed E-state index contributed by atoms with van der Waals surface area (Å²) in [6, 6.07) is 10.8. The number of carbonyl (C=O) groups is 1. The summed E-state index contributed by atoms with van der Waals surface area (Å²) in [5, 5.41) is 0.438. The first kappa shape index (κ1) is 18.2. The molecule has 25 heavy (non-hydrogen) atoms. The molecule has 1 aliphatic heterocycles. The van der Waals surface area contributed by atoms with Crippen LogP contribution >= 0.6 is 23.4 Å². The van der Waals surface area contributed by atoms with Crippen LogP contribution in [0.5, 0.6) is 0 Å². The average Bonchev–Trinajstić information content (AvgIpc) is 2.85. The number of rotatable bonds is 3. The van der Waals surface area contributed by atoms with E-state index in [9.17, 15) is 13.6 Å². The third kappa shape index (κ3) is 4.53. The van der Waals surface area contributed by atoms with E-state index in [1.807, 2.05) is 18.2 Å². The van der Waals surface area contributed by atoms with Crippen LogP contribution in [0.25, 0.3) is 0 Å². The minimum Gasteiger partial charge on any atom is -0.342 e. The Bertz CT molecular complexity index is 771. The first-order valence-corrected chi connectivity index (χ1v) is 9.55. The first-order chi connectivity index (χ1) is 12.0. The number of amides is 1. The summed E-state index contributed by atoms with van der Waals surface area (Å²) in [7, 11) is 0. The monoisotopic (exact) mass is 381 g/mol. The highest BCUT2D eigenvalue weighted by Gasteiger charge is 2.24. The summed E-state index contributed by atoms with van der Waals surface area (Å²) in [6.45, 7) is 1.12. The predicted molar refractivity (Wildman–Crippen MR) is 97.9 cm³/mol. The lowest BCUT2D eigenvalue weighted by Crippen LogP contribution is -2.34. The van der Waals surface area contributed by atoms with Crippen molar-refractivity contribution in [1.29, 1.82) is 0 Å². The van der Waals surface area contributed by atoms with Gasteiger partial charge in [0.1, 0.15) is 11.6 Å². The van der Waals surface area contributed by atoms with Crippen LogP contribution in [0.1, 0.15) is 22.8 Å². The van der Waals surface area contributed by atoms with E-state index < -0.39 is 11.6 Å². The number of halogens is 3. The maximum Gasteiger partial charge on any atom is 0.227 e. The van der Waals surface area contributed by atoms with E-state index in [1.165, 1.54) is 6.07 Å². The van der Waals surface area contributed by atoms with Gasteiger partial charge in [0.15, 0.2) is 0 Å². The molecule has 2 nitrogen and oxygen atoms in total. The number of benzene rings is 2. The molecule has 0 aliphatic carbocycles. The Morgan fingerprint density at radius 3 is 2.80 bits per heavy atom. The normalized spacial score (nSPS) is 18.0. The van der Waals surface area contributed by atoms with Gasteiger partial charge in [0.25, 0.3) is 0 Å². The number of hydrogen-bond donors (Lipinski definition) is 0. The molecule has 0 radical (unpaired) electrons. The van der Waals surface area contributed by atoms with E-state index >= 15 is 0 Å². The Labute approximate surface area is 155 Å². The molecule has 3 rings (SSSR count). The number of carbonyl (C=O) groups excluding carboxylic acids is 1. The molecule has 2 aromatic carbocycles. The summed E-state index contributed by atoms with van der Waals surface area (Å²) >= 11 is 7.69. The molecule has 0 aromatic heterocycles. The molecule has 0 spiro atoms. The Morgan fingerprint density at radius 2 is 2.00 bits per heavy atom. The highest BCUT2D eigenvalue weighted by atomic mass is 35.5. The Balaban J connectivity index is 1.66. The first-order valence-electron chi connectivity index (χ1n) is 8.12. The second-order valence-electron chi connectivity index (χ2n) is 5.96. The van der Waals surface area contributed by atoms with Crippen LogP contribution in [0.3, 0.4) is 0 Å². The maximum atomic E-state index is 14.0. The van der Waals surface area contributed by atoms with Crippen molar-refractivity contribution in [3.05, 3.63) is 70.2 Å². The van der Waals surface area contributed by atoms with Gasteiger partial charge >= 0.3 is 0 Å². The van der Waals surface area contributed by atoms with E-state index in [-0.39, 0.29) is 17.6 Å². The standard InChI is InChI=1S/C19H18ClF2NOS/c20-16-4-2-1-3-13(16)11-19(24)23-8-7-18(25-10-9-23)15-12-14(21)5-6-17(15)22/h1-6,12,18H,7-11H2/t18-/m1/s1. The van der Waals surface area contributed by atoms with Gasteiger partial charge in [-0.05, 0) is 36.2 Å². The second kappa shape index (κ2) is 8.19. The number of hydrogen-bond acceptors (Lipinski definition) is 2. The summed E-state index contributed by atoms with van der Waals surface area (Å²) in [6.07, 6.45) is 0.850. The lowest BCUT2D eigenvalue weighted by Gasteiger charge is -2.21. The molecule has 1 heterocycles. The molecule has 1 fully saturated rings. The average molecular weight is 382 g/mol. The Hall–Kier alpha value is -1.59. The van der Waals surface area contributed by atoms with Gasteiger partial charge in [-0.2, -0.15) is 11.8 Å². The third-order valence-corrected chi connectivity index (χ3v) is 5.98. The zero-order chi connectivity index (χ0) is 17.8. The summed E-state index contributed by atoms with van der Waals surface area (Å²) in [5.41, 5.74) is 1.18. The van der Waals surface area contributed by atoms with E-state index in [0.717, 1.165) is 17.7 Å². The Kier molecular flexibility index (Phi) is 5.97. The van der Waals surface area contributed by atoms with Gasteiger partial charge in [0, 0.05) is 34.7 Å². The van der Waals surface area contributed by atoms with Crippen LogP contribution < -0.4 is 0 Å². The van der Waals surface area contributed by atoms with Gasteiger partial charge in [0.2, 0.25) is 5.91 Å². The van der Waals surface area contributed by atoms with Crippen LogP contribution in [-0.2, 0) is 11.2 Å². The van der Waals surface area contributed by atoms with Gasteiger partial charge in [-0.15, -0.1) is 0 Å². The van der Waals surface area contributed by atoms with Gasteiger partial charge in [-0.25, -0.2) is 8.78 Å². The van der Waals surface area contributed by atoms with Crippen molar-refractivity contribution in [2.75, 3.05) is 18.8 Å². The summed E-state index contributed by atoms with van der Waals surface area (Å²) in [4.78, 5) is 14.3. The van der Waals surface area contributed by atoms with Crippen molar-refractivity contribution in [3.8, 4) is 0 Å². The second-order valence-corrected chi connectivity index (χ2v) is 7.68. The summed E-state index contributed by atoms with van der Waals surface area (Å²) in [5.74, 6) is -0.133. The zero-order valence-electron chi connectivity index (χ0n) is 13.6. The van der Waals surface area contributed by atoms with Gasteiger partial charge in [-0.1, -0.05) is 29.8 Å². The van der Waals surface area contributed by atoms with Crippen LogP contribution in [0, 0.1) is 11.6 Å². The molecular formula is C19H18ClF2NOS. The van der Waals surface area contributed by atoms with Crippen LogP contribution in [0.2, 0.25) is 5.02 Å². The fourth-order valence-electron chi connectivity index (χ4n) is 2.95. The van der Waals surface area contributed by atoms with Crippen molar-refractivity contribution in [1.82, 2.24) is 4.90 Å². The molecule has 1 amide bonds. The van der Waals surface area contributed by atoms with E-state index in [2.05, 4.69) is 0 Å². The predicted octanol–water partition coefficient (Wildman–Crippen LogP) is 4.87. The molecule has 2 aromatic rings. The fourth-order valence-corrected chi connectivity index (χ4v) is 4.39. The smallest absolute Gasteiger partial charge is 0.227 e. The van der Waals surface area contributed by atoms with Crippen LogP contribution in [0.4, 0.5) is 8.78 Å². The lowest BCUT2D eigenvalue weighted by molar-refractivity contribution is -0.130. The van der Waals surface area contributed by atoms with Crippen molar-refractivity contribution < 1.29 is 13.6 Å². The van der Waals surface area contributed by atoms with E-state index in [1.54, 1.807) is 22.7 Å². The van der Waals surface area contributed by atoms with Gasteiger partial charge < -0.3 is 4.90 Å². The number of nitrogens with zero attached hydrogens (tertiary/aromatic N) is 1. The number of thioether (sulfide) groups is 1. The quantitative estimate of drug-likeness (QED) is 0.756. The molecule has 132 valence electrons. The highest BCUT2D eigenvalue weighted by Crippen LogP contribution is 2.36. The highest BCUT2D eigenvalue weighted by molar-refractivity contribution is 7.99. The third-order valence-electron chi connectivity index (χ3n) is 4.30. The maximum absolute atomic E-state index is 14.0. The van der Waals surface area contributed by atoms with Crippen molar-refractivity contribution in [2.45, 2.75) is 18.1 Å². The van der Waals surface area contributed by atoms with Crippen molar-refractivity contribution >= 4 is 29.3 Å². The minimum absolute atomic E-state index is 0.00839. The van der Waals surface area contributed by atoms with Crippen LogP contribution in [0.15, 0.2) is 42.5 Å². The lowest BCUT2D eigenvalue weighted by atomic mass is 10.1. The molecule has 6 heteroatoms. The molecule has 1 aliphatic rings. The molecular weight excluding hydrogens is 364 g/mol. The topological polar surface area (TPSA) is 20.3 Å². The summed E-state index contributed by atoms with van der Waals surface area (Å²) < 4.78 is 27.4. The molecule has 1 atom stereocenters. The molecule has 1 saturated heterocycles. The SMILES string of the molecule is O=C(Cc1ccccc1Cl)N1CCS[C@@H](c2cc(F)ccc2F)CC1. The van der Waals surface area contributed by atoms with Gasteiger partial charge in [-0.3, -0.25) is 4.79 Å². The molecule has 0 N–H and O–H groups in total. The van der Waals surface area contributed by atoms with Gasteiger partial charge in [0.05, 0.1) is 6.42 Å². The molecule has 0 bridgehead atoms. The largest absolute Gasteiger partial charge is 0.342 e. The zero-order valence-corrected chi connectivity index (χ0v) is 15.1. The minimum atomic E-state index is -0.437. The van der Waals surface area contributed by atoms with Crippen LogP contribution in [-0.4, -0.2) is 29.6 Å². The Morgan fingerprint density at radius 1 is 1.20 bits per heavy atom. The molecule has 0 saturated carbocycles. The van der Waals surface area contributed by atoms with E-state index in [0.29, 0.717) is 35.8 Å². The van der Waals surface area contributed by atoms with Crippen molar-refractivity contribution in [2.24, 2.45) is 0 Å². The van der Waals surface area contributed by atoms with E-state index in [4.69, 9.17) is 11.6 Å². The molecule has 0 unspecified atom stereocenters. The van der Waals surface area contributed by atoms with Crippen molar-refractivity contribution in [3.63, 3.8) is 0 Å². The fraction of sp³-hybridized carbons (Fsp3) is 0.316.